The number of hydrogen-bond donors (Lipinski definition) is 1. The largest absolute Gasteiger partial charge is 0.389 e. The van der Waals surface area contributed by atoms with Gasteiger partial charge in [0.15, 0.2) is 0 Å². The number of likely N-dealkylation sites (N-methyl/N-ethyl adjacent to an activating group) is 1. The van der Waals surface area contributed by atoms with Crippen LogP contribution in [0.25, 0.3) is 0 Å². The van der Waals surface area contributed by atoms with Crippen LogP contribution in [0, 0.1) is 0 Å². The van der Waals surface area contributed by atoms with Gasteiger partial charge in [-0.2, -0.15) is 0 Å². The number of piperazine rings is 1. The van der Waals surface area contributed by atoms with E-state index in [0.29, 0.717) is 5.02 Å². The Morgan fingerprint density at radius 2 is 1.80 bits per heavy atom. The lowest BCUT2D eigenvalue weighted by molar-refractivity contribution is 0.147. The molecule has 0 saturated carbocycles. The first-order valence-electron chi connectivity index (χ1n) is 8.67. The highest BCUT2D eigenvalue weighted by atomic mass is 35.5. The van der Waals surface area contributed by atoms with Crippen molar-refractivity contribution in [1.29, 1.82) is 0 Å². The standard InChI is InChI=1S/C20H25ClN2OS/c1-15(24)18-13-17(21)7-8-20(18)25-19-6-4-3-5-16(19)14-23-11-9-22(2)10-12-23/h3-8,13,15,24H,9-12,14H2,1-2H3. The molecule has 1 fully saturated rings. The average Bonchev–Trinajstić information content (AvgIpc) is 2.60. The van der Waals surface area contributed by atoms with E-state index >= 15 is 0 Å². The van der Waals surface area contributed by atoms with Gasteiger partial charge in [-0.05, 0) is 49.4 Å². The summed E-state index contributed by atoms with van der Waals surface area (Å²) < 4.78 is 0. The summed E-state index contributed by atoms with van der Waals surface area (Å²) in [7, 11) is 2.18. The van der Waals surface area contributed by atoms with Crippen LogP contribution in [0.1, 0.15) is 24.2 Å². The Kier molecular flexibility index (Phi) is 6.42. The topological polar surface area (TPSA) is 26.7 Å². The van der Waals surface area contributed by atoms with Gasteiger partial charge in [0.25, 0.3) is 0 Å². The lowest BCUT2D eigenvalue weighted by Crippen LogP contribution is -2.43. The van der Waals surface area contributed by atoms with Crippen molar-refractivity contribution >= 4 is 23.4 Å². The van der Waals surface area contributed by atoms with Crippen molar-refractivity contribution in [3.63, 3.8) is 0 Å². The minimum atomic E-state index is -0.536. The Morgan fingerprint density at radius 1 is 1.08 bits per heavy atom. The highest BCUT2D eigenvalue weighted by molar-refractivity contribution is 7.99. The van der Waals surface area contributed by atoms with Gasteiger partial charge >= 0.3 is 0 Å². The summed E-state index contributed by atoms with van der Waals surface area (Å²) in [5.74, 6) is 0. The quantitative estimate of drug-likeness (QED) is 0.842. The second-order valence-electron chi connectivity index (χ2n) is 6.65. The van der Waals surface area contributed by atoms with Crippen molar-refractivity contribution in [2.45, 2.75) is 29.4 Å². The molecule has 0 amide bonds. The van der Waals surface area contributed by atoms with Gasteiger partial charge in [-0.25, -0.2) is 0 Å². The molecule has 0 bridgehead atoms. The monoisotopic (exact) mass is 376 g/mol. The van der Waals surface area contributed by atoms with Crippen molar-refractivity contribution in [2.75, 3.05) is 33.2 Å². The van der Waals surface area contributed by atoms with Gasteiger partial charge in [0, 0.05) is 47.5 Å². The van der Waals surface area contributed by atoms with E-state index in [2.05, 4.69) is 41.1 Å². The van der Waals surface area contributed by atoms with Gasteiger partial charge in [0.05, 0.1) is 6.10 Å². The number of hydrogen-bond acceptors (Lipinski definition) is 4. The minimum absolute atomic E-state index is 0.536. The maximum atomic E-state index is 10.1. The fourth-order valence-corrected chi connectivity index (χ4v) is 4.35. The zero-order valence-corrected chi connectivity index (χ0v) is 16.4. The molecule has 0 aliphatic carbocycles. The Bertz CT molecular complexity index is 715. The number of aliphatic hydroxyl groups excluding tert-OH is 1. The molecule has 0 radical (unpaired) electrons. The summed E-state index contributed by atoms with van der Waals surface area (Å²) >= 11 is 7.82. The molecule has 0 spiro atoms. The van der Waals surface area contributed by atoms with Crippen molar-refractivity contribution < 1.29 is 5.11 Å². The van der Waals surface area contributed by atoms with E-state index in [1.165, 1.54) is 10.5 Å². The van der Waals surface area contributed by atoms with Crippen molar-refractivity contribution in [2.24, 2.45) is 0 Å². The molecule has 1 saturated heterocycles. The first-order valence-corrected chi connectivity index (χ1v) is 9.86. The first-order chi connectivity index (χ1) is 12.0. The molecule has 1 N–H and O–H groups in total. The third-order valence-corrected chi connectivity index (χ3v) is 6.05. The summed E-state index contributed by atoms with van der Waals surface area (Å²) in [6.45, 7) is 7.21. The second-order valence-corrected chi connectivity index (χ2v) is 8.17. The van der Waals surface area contributed by atoms with Gasteiger partial charge in [-0.3, -0.25) is 4.90 Å². The van der Waals surface area contributed by atoms with Crippen LogP contribution in [0.4, 0.5) is 0 Å². The summed E-state index contributed by atoms with van der Waals surface area (Å²) in [5.41, 5.74) is 2.22. The highest BCUT2D eigenvalue weighted by Crippen LogP contribution is 2.36. The minimum Gasteiger partial charge on any atom is -0.389 e. The lowest BCUT2D eigenvalue weighted by Gasteiger charge is -2.32. The van der Waals surface area contributed by atoms with Crippen LogP contribution in [0.2, 0.25) is 5.02 Å². The molecule has 3 nitrogen and oxygen atoms in total. The van der Waals surface area contributed by atoms with Gasteiger partial charge in [-0.15, -0.1) is 0 Å². The summed E-state index contributed by atoms with van der Waals surface area (Å²) in [6, 6.07) is 14.3. The average molecular weight is 377 g/mol. The smallest absolute Gasteiger partial charge is 0.0773 e. The lowest BCUT2D eigenvalue weighted by atomic mass is 10.1. The summed E-state index contributed by atoms with van der Waals surface area (Å²) in [4.78, 5) is 7.19. The van der Waals surface area contributed by atoms with E-state index in [1.807, 2.05) is 18.2 Å². The fraction of sp³-hybridized carbons (Fsp3) is 0.400. The predicted molar refractivity (Wildman–Crippen MR) is 105 cm³/mol. The van der Waals surface area contributed by atoms with E-state index in [1.54, 1.807) is 18.7 Å². The molecular formula is C20H25ClN2OS. The second kappa shape index (κ2) is 8.56. The van der Waals surface area contributed by atoms with Crippen molar-refractivity contribution in [3.05, 3.63) is 58.6 Å². The Balaban J connectivity index is 1.80. The van der Waals surface area contributed by atoms with Gasteiger partial charge in [0.1, 0.15) is 0 Å². The number of nitrogens with zero attached hydrogens (tertiary/aromatic N) is 2. The normalized spacial score (nSPS) is 17.6. The SMILES string of the molecule is CC(O)c1cc(Cl)ccc1Sc1ccccc1CN1CCN(C)CC1. The zero-order valence-electron chi connectivity index (χ0n) is 14.8. The maximum absolute atomic E-state index is 10.1. The molecule has 2 aromatic carbocycles. The van der Waals surface area contributed by atoms with E-state index in [9.17, 15) is 5.11 Å². The third-order valence-electron chi connectivity index (χ3n) is 4.60. The molecule has 5 heteroatoms. The van der Waals surface area contributed by atoms with Crippen LogP contribution in [0.5, 0.6) is 0 Å². The molecular weight excluding hydrogens is 352 g/mol. The van der Waals surface area contributed by atoms with Gasteiger partial charge in [-0.1, -0.05) is 41.6 Å². The molecule has 1 aliphatic heterocycles. The number of halogens is 1. The zero-order chi connectivity index (χ0) is 17.8. The van der Waals surface area contributed by atoms with Crippen LogP contribution >= 0.6 is 23.4 Å². The van der Waals surface area contributed by atoms with E-state index in [0.717, 1.165) is 43.2 Å². The molecule has 1 aliphatic rings. The van der Waals surface area contributed by atoms with E-state index in [-0.39, 0.29) is 0 Å². The van der Waals surface area contributed by atoms with E-state index in [4.69, 9.17) is 11.6 Å². The highest BCUT2D eigenvalue weighted by Gasteiger charge is 2.17. The Labute approximate surface area is 159 Å². The first kappa shape index (κ1) is 18.7. The van der Waals surface area contributed by atoms with Crippen LogP contribution < -0.4 is 0 Å². The van der Waals surface area contributed by atoms with Crippen molar-refractivity contribution in [1.82, 2.24) is 9.80 Å². The number of aliphatic hydroxyl groups is 1. The van der Waals surface area contributed by atoms with Gasteiger partial charge in [0.2, 0.25) is 0 Å². The van der Waals surface area contributed by atoms with Crippen LogP contribution in [-0.4, -0.2) is 48.1 Å². The molecule has 134 valence electrons. The molecule has 25 heavy (non-hydrogen) atoms. The molecule has 1 atom stereocenters. The Morgan fingerprint density at radius 3 is 2.52 bits per heavy atom. The van der Waals surface area contributed by atoms with Gasteiger partial charge < -0.3 is 10.0 Å². The molecule has 2 aromatic rings. The van der Waals surface area contributed by atoms with Crippen LogP contribution in [0.3, 0.4) is 0 Å². The summed E-state index contributed by atoms with van der Waals surface area (Å²) in [6.07, 6.45) is -0.536. The molecule has 3 rings (SSSR count). The third kappa shape index (κ3) is 4.99. The molecule has 1 unspecified atom stereocenters. The van der Waals surface area contributed by atoms with E-state index < -0.39 is 6.10 Å². The maximum Gasteiger partial charge on any atom is 0.0773 e. The fourth-order valence-electron chi connectivity index (χ4n) is 3.04. The number of rotatable bonds is 5. The van der Waals surface area contributed by atoms with Crippen LogP contribution in [-0.2, 0) is 6.54 Å². The Hall–Kier alpha value is -1.04. The molecule has 1 heterocycles. The van der Waals surface area contributed by atoms with Crippen molar-refractivity contribution in [3.8, 4) is 0 Å². The molecule has 0 aromatic heterocycles. The predicted octanol–water partition coefficient (Wildman–Crippen LogP) is 4.29. The number of benzene rings is 2. The van der Waals surface area contributed by atoms with Crippen LogP contribution in [0.15, 0.2) is 52.3 Å². The summed E-state index contributed by atoms with van der Waals surface area (Å²) in [5, 5.41) is 10.7.